The van der Waals surface area contributed by atoms with Gasteiger partial charge in [-0.1, -0.05) is 23.7 Å². The van der Waals surface area contributed by atoms with Gasteiger partial charge in [0.1, 0.15) is 5.65 Å². The second kappa shape index (κ2) is 4.17. The van der Waals surface area contributed by atoms with Gasteiger partial charge in [0.2, 0.25) is 0 Å². The van der Waals surface area contributed by atoms with E-state index < -0.39 is 0 Å². The maximum Gasteiger partial charge on any atom is 0.138 e. The molecule has 1 aromatic carbocycles. The summed E-state index contributed by atoms with van der Waals surface area (Å²) in [7, 11) is 0. The van der Waals surface area contributed by atoms with Gasteiger partial charge in [-0.15, -0.1) is 0 Å². The van der Waals surface area contributed by atoms with Crippen molar-refractivity contribution in [1.29, 1.82) is 5.26 Å². The van der Waals surface area contributed by atoms with Crippen molar-refractivity contribution in [2.45, 2.75) is 0 Å². The van der Waals surface area contributed by atoms with Crippen molar-refractivity contribution in [3.63, 3.8) is 0 Å². The van der Waals surface area contributed by atoms with Crippen LogP contribution in [0.4, 0.5) is 0 Å². The number of imidazole rings is 1. The average Bonchev–Trinajstić information content (AvgIpc) is 2.81. The minimum atomic E-state index is 0.644. The number of nitrogens with zero attached hydrogens (tertiary/aromatic N) is 3. The zero-order chi connectivity index (χ0) is 12.5. The van der Waals surface area contributed by atoms with Crippen molar-refractivity contribution in [2.24, 2.45) is 0 Å². The van der Waals surface area contributed by atoms with E-state index in [1.165, 1.54) is 0 Å². The SMILES string of the molecule is N#Cc1ccc(-c2cn3ccc(Cl)cc3n2)cc1. The molecule has 0 aliphatic rings. The lowest BCUT2D eigenvalue weighted by atomic mass is 10.1. The Morgan fingerprint density at radius 2 is 1.94 bits per heavy atom. The Bertz CT molecular complexity index is 751. The molecule has 86 valence electrons. The van der Waals surface area contributed by atoms with E-state index in [4.69, 9.17) is 16.9 Å². The van der Waals surface area contributed by atoms with Crippen LogP contribution in [0.3, 0.4) is 0 Å². The molecule has 3 nitrogen and oxygen atoms in total. The van der Waals surface area contributed by atoms with E-state index in [1.807, 2.05) is 41.1 Å². The first kappa shape index (κ1) is 10.8. The molecule has 4 heteroatoms. The molecule has 0 spiro atoms. The van der Waals surface area contributed by atoms with Crippen LogP contribution in [0.5, 0.6) is 0 Å². The van der Waals surface area contributed by atoms with Gasteiger partial charge >= 0.3 is 0 Å². The molecule has 0 aliphatic carbocycles. The Kier molecular flexibility index (Phi) is 2.51. The Morgan fingerprint density at radius 1 is 1.17 bits per heavy atom. The topological polar surface area (TPSA) is 41.1 Å². The van der Waals surface area contributed by atoms with E-state index in [9.17, 15) is 0 Å². The Hall–Kier alpha value is -2.31. The van der Waals surface area contributed by atoms with Gasteiger partial charge in [0.25, 0.3) is 0 Å². The summed E-state index contributed by atoms with van der Waals surface area (Å²) < 4.78 is 1.92. The largest absolute Gasteiger partial charge is 0.306 e. The number of hydrogen-bond donors (Lipinski definition) is 0. The summed E-state index contributed by atoms with van der Waals surface area (Å²) in [5.41, 5.74) is 3.29. The molecule has 0 amide bonds. The van der Waals surface area contributed by atoms with E-state index >= 15 is 0 Å². The molecule has 0 aliphatic heterocycles. The van der Waals surface area contributed by atoms with Gasteiger partial charge < -0.3 is 4.40 Å². The van der Waals surface area contributed by atoms with Gasteiger partial charge in [-0.2, -0.15) is 5.26 Å². The zero-order valence-corrected chi connectivity index (χ0v) is 10.1. The lowest BCUT2D eigenvalue weighted by Crippen LogP contribution is -1.79. The van der Waals surface area contributed by atoms with Crippen LogP contribution in [0.1, 0.15) is 5.56 Å². The van der Waals surface area contributed by atoms with Crippen LogP contribution < -0.4 is 0 Å². The minimum absolute atomic E-state index is 0.644. The number of pyridine rings is 1. The summed E-state index contributed by atoms with van der Waals surface area (Å²) in [6, 6.07) is 13.1. The number of hydrogen-bond acceptors (Lipinski definition) is 2. The van der Waals surface area contributed by atoms with Crippen LogP contribution in [0, 0.1) is 11.3 Å². The molecule has 18 heavy (non-hydrogen) atoms. The van der Waals surface area contributed by atoms with E-state index in [1.54, 1.807) is 12.1 Å². The fraction of sp³-hybridized carbons (Fsp3) is 0. The second-order valence-electron chi connectivity index (χ2n) is 3.93. The fourth-order valence-corrected chi connectivity index (χ4v) is 1.97. The van der Waals surface area contributed by atoms with Crippen molar-refractivity contribution in [2.75, 3.05) is 0 Å². The third-order valence-electron chi connectivity index (χ3n) is 2.73. The van der Waals surface area contributed by atoms with E-state index in [0.717, 1.165) is 16.9 Å². The van der Waals surface area contributed by atoms with Crippen molar-refractivity contribution >= 4 is 17.2 Å². The molecule has 0 atom stereocenters. The normalized spacial score (nSPS) is 10.4. The monoisotopic (exact) mass is 253 g/mol. The van der Waals surface area contributed by atoms with Gasteiger partial charge in [-0.3, -0.25) is 0 Å². The number of benzene rings is 1. The van der Waals surface area contributed by atoms with Crippen LogP contribution in [-0.2, 0) is 0 Å². The van der Waals surface area contributed by atoms with Crippen molar-refractivity contribution < 1.29 is 0 Å². The predicted octanol–water partition coefficient (Wildman–Crippen LogP) is 3.53. The van der Waals surface area contributed by atoms with E-state index in [0.29, 0.717) is 10.6 Å². The highest BCUT2D eigenvalue weighted by Crippen LogP contribution is 2.21. The third-order valence-corrected chi connectivity index (χ3v) is 2.97. The minimum Gasteiger partial charge on any atom is -0.306 e. The number of halogens is 1. The molecule has 0 radical (unpaired) electrons. The molecule has 0 fully saturated rings. The van der Waals surface area contributed by atoms with E-state index in [2.05, 4.69) is 11.1 Å². The van der Waals surface area contributed by atoms with Crippen LogP contribution in [0.15, 0.2) is 48.8 Å². The smallest absolute Gasteiger partial charge is 0.138 e. The number of nitriles is 1. The maximum absolute atomic E-state index is 8.76. The highest BCUT2D eigenvalue weighted by molar-refractivity contribution is 6.30. The molecule has 2 aromatic heterocycles. The highest BCUT2D eigenvalue weighted by Gasteiger charge is 2.04. The molecule has 3 aromatic rings. The van der Waals surface area contributed by atoms with Crippen LogP contribution in [-0.4, -0.2) is 9.38 Å². The average molecular weight is 254 g/mol. The summed E-state index contributed by atoms with van der Waals surface area (Å²) >= 11 is 5.92. The zero-order valence-electron chi connectivity index (χ0n) is 9.34. The third kappa shape index (κ3) is 1.83. The molecule has 0 unspecified atom stereocenters. The first-order valence-electron chi connectivity index (χ1n) is 5.41. The Morgan fingerprint density at radius 3 is 2.67 bits per heavy atom. The first-order valence-corrected chi connectivity index (χ1v) is 5.79. The van der Waals surface area contributed by atoms with Crippen LogP contribution >= 0.6 is 11.6 Å². The van der Waals surface area contributed by atoms with Gasteiger partial charge in [0.15, 0.2) is 0 Å². The maximum atomic E-state index is 8.76. The molecule has 2 heterocycles. The lowest BCUT2D eigenvalue weighted by Gasteiger charge is -1.94. The summed E-state index contributed by atoms with van der Waals surface area (Å²) in [4.78, 5) is 4.49. The number of fused-ring (bicyclic) bond motifs is 1. The van der Waals surface area contributed by atoms with Crippen molar-refractivity contribution in [3.05, 3.63) is 59.4 Å². The van der Waals surface area contributed by atoms with Gasteiger partial charge in [-0.05, 0) is 18.2 Å². The molecule has 0 saturated carbocycles. The predicted molar refractivity (Wildman–Crippen MR) is 70.4 cm³/mol. The molecular weight excluding hydrogens is 246 g/mol. The number of rotatable bonds is 1. The molecular formula is C14H8ClN3. The molecule has 0 saturated heterocycles. The summed E-state index contributed by atoms with van der Waals surface area (Å²) in [6.45, 7) is 0. The Labute approximate surface area is 109 Å². The van der Waals surface area contributed by atoms with Gasteiger partial charge in [0, 0.05) is 29.0 Å². The first-order chi connectivity index (χ1) is 8.76. The summed E-state index contributed by atoms with van der Waals surface area (Å²) in [5.74, 6) is 0. The van der Waals surface area contributed by atoms with Gasteiger partial charge in [0.05, 0.1) is 17.3 Å². The van der Waals surface area contributed by atoms with Crippen molar-refractivity contribution in [1.82, 2.24) is 9.38 Å². The molecule has 0 N–H and O–H groups in total. The second-order valence-corrected chi connectivity index (χ2v) is 4.36. The lowest BCUT2D eigenvalue weighted by molar-refractivity contribution is 1.19. The van der Waals surface area contributed by atoms with Gasteiger partial charge in [-0.25, -0.2) is 4.98 Å². The van der Waals surface area contributed by atoms with E-state index in [-0.39, 0.29) is 0 Å². The fourth-order valence-electron chi connectivity index (χ4n) is 1.81. The highest BCUT2D eigenvalue weighted by atomic mass is 35.5. The molecule has 0 bridgehead atoms. The quantitative estimate of drug-likeness (QED) is 0.666. The van der Waals surface area contributed by atoms with Crippen molar-refractivity contribution in [3.8, 4) is 17.3 Å². The van der Waals surface area contributed by atoms with Crippen LogP contribution in [0.25, 0.3) is 16.9 Å². The Balaban J connectivity index is 2.10. The summed E-state index contributed by atoms with van der Waals surface area (Å²) in [6.07, 6.45) is 3.81. The van der Waals surface area contributed by atoms with Crippen LogP contribution in [0.2, 0.25) is 5.02 Å². The summed E-state index contributed by atoms with van der Waals surface area (Å²) in [5, 5.41) is 9.43. The number of aromatic nitrogens is 2. The standard InChI is InChI=1S/C14H8ClN3/c15-12-5-6-18-9-13(17-14(18)7-12)11-3-1-10(8-16)2-4-11/h1-7,9H. The molecule has 3 rings (SSSR count).